The van der Waals surface area contributed by atoms with E-state index >= 15 is 0 Å². The summed E-state index contributed by atoms with van der Waals surface area (Å²) in [5, 5.41) is 0. The van der Waals surface area contributed by atoms with Crippen LogP contribution >= 0.6 is 0 Å². The van der Waals surface area contributed by atoms with Crippen molar-refractivity contribution in [3.63, 3.8) is 0 Å². The summed E-state index contributed by atoms with van der Waals surface area (Å²) in [6.07, 6.45) is 9.18. The van der Waals surface area contributed by atoms with Gasteiger partial charge in [0.25, 0.3) is 0 Å². The van der Waals surface area contributed by atoms with E-state index in [2.05, 4.69) is 57.4 Å². The first-order valence-corrected chi connectivity index (χ1v) is 13.1. The molecule has 4 aromatic rings. The number of carbonyl (C=O) groups excluding carboxylic acids is 1. The van der Waals surface area contributed by atoms with Crippen LogP contribution in [0.1, 0.15) is 25.1 Å². The highest BCUT2D eigenvalue weighted by atomic mass is 16.2. The van der Waals surface area contributed by atoms with Gasteiger partial charge in [-0.25, -0.2) is 15.0 Å². The molecule has 1 aliphatic rings. The summed E-state index contributed by atoms with van der Waals surface area (Å²) in [5.41, 5.74) is 12.6. The lowest BCUT2D eigenvalue weighted by Crippen LogP contribution is -2.47. The number of fused-ring (bicyclic) bond motifs is 1. The van der Waals surface area contributed by atoms with Gasteiger partial charge in [0.2, 0.25) is 5.91 Å². The van der Waals surface area contributed by atoms with E-state index in [4.69, 9.17) is 15.7 Å². The molecule has 1 fully saturated rings. The molecule has 1 saturated heterocycles. The molecule has 0 unspecified atom stereocenters. The summed E-state index contributed by atoms with van der Waals surface area (Å²) < 4.78 is 2.05. The fourth-order valence-electron chi connectivity index (χ4n) is 4.92. The summed E-state index contributed by atoms with van der Waals surface area (Å²) in [6, 6.07) is 16.3. The molecule has 1 aliphatic heterocycles. The van der Waals surface area contributed by atoms with Crippen molar-refractivity contribution in [1.82, 2.24) is 29.3 Å². The normalized spacial score (nSPS) is 14.8. The number of nitrogens with two attached hydrogens (primary N) is 1. The Morgan fingerprint density at radius 2 is 1.79 bits per heavy atom. The highest BCUT2D eigenvalue weighted by molar-refractivity contribution is 5.87. The van der Waals surface area contributed by atoms with Crippen LogP contribution in [0.4, 0.5) is 5.82 Å². The Balaban J connectivity index is 1.50. The van der Waals surface area contributed by atoms with Gasteiger partial charge >= 0.3 is 0 Å². The SMILES string of the molecule is C=CC(=O)N1CCN(Cc2ccc(-n3c(-c4cccnc4N)nc4ccc(C(/C=C\C)=C/C)nc43)cc2)CC1. The molecule has 0 spiro atoms. The summed E-state index contributed by atoms with van der Waals surface area (Å²) in [7, 11) is 0. The number of nitrogens with zero attached hydrogens (tertiary/aromatic N) is 6. The lowest BCUT2D eigenvalue weighted by atomic mass is 10.1. The van der Waals surface area contributed by atoms with Gasteiger partial charge in [-0.2, -0.15) is 0 Å². The molecule has 39 heavy (non-hydrogen) atoms. The third-order valence-electron chi connectivity index (χ3n) is 7.00. The standard InChI is InChI=1S/C31H33N7O/c1-4-8-23(5-2)26-14-15-27-31(34-26)38(30(35-27)25-9-7-16-33-29(25)32)24-12-10-22(11-13-24)21-36-17-19-37(20-18-36)28(39)6-3/h4-16H,3,17-21H2,1-2H3,(H2,32,33)/b8-4-,23-5+. The van der Waals surface area contributed by atoms with Crippen molar-refractivity contribution in [2.24, 2.45) is 0 Å². The Hall–Kier alpha value is -4.56. The number of carbonyl (C=O) groups is 1. The van der Waals surface area contributed by atoms with E-state index in [0.29, 0.717) is 11.6 Å². The lowest BCUT2D eigenvalue weighted by molar-refractivity contribution is -0.127. The van der Waals surface area contributed by atoms with E-state index in [0.717, 1.165) is 66.4 Å². The van der Waals surface area contributed by atoms with Crippen LogP contribution in [0.3, 0.4) is 0 Å². The van der Waals surface area contributed by atoms with Gasteiger partial charge in [0.15, 0.2) is 11.5 Å². The molecule has 1 amide bonds. The lowest BCUT2D eigenvalue weighted by Gasteiger charge is -2.34. The van der Waals surface area contributed by atoms with Gasteiger partial charge in [-0.15, -0.1) is 0 Å². The molecule has 4 heterocycles. The third-order valence-corrected chi connectivity index (χ3v) is 7.00. The zero-order valence-corrected chi connectivity index (χ0v) is 22.4. The van der Waals surface area contributed by atoms with Crippen LogP contribution in [0.25, 0.3) is 33.8 Å². The number of piperazine rings is 1. The summed E-state index contributed by atoms with van der Waals surface area (Å²) in [5.74, 6) is 1.12. The molecule has 2 N–H and O–H groups in total. The minimum Gasteiger partial charge on any atom is -0.383 e. The van der Waals surface area contributed by atoms with Crippen molar-refractivity contribution in [1.29, 1.82) is 0 Å². The van der Waals surface area contributed by atoms with Gasteiger partial charge in [-0.1, -0.05) is 36.9 Å². The minimum atomic E-state index is 0.000602. The molecule has 0 bridgehead atoms. The van der Waals surface area contributed by atoms with Crippen LogP contribution in [0.15, 0.2) is 85.6 Å². The second-order valence-corrected chi connectivity index (χ2v) is 9.46. The number of benzene rings is 1. The number of nitrogen functional groups attached to an aromatic ring is 1. The van der Waals surface area contributed by atoms with Gasteiger partial charge in [0.05, 0.1) is 11.3 Å². The minimum absolute atomic E-state index is 0.000602. The number of hydrogen-bond donors (Lipinski definition) is 1. The van der Waals surface area contributed by atoms with Crippen LogP contribution in [-0.4, -0.2) is 61.4 Å². The van der Waals surface area contributed by atoms with Crippen LogP contribution in [0, 0.1) is 0 Å². The molecule has 5 rings (SSSR count). The maximum Gasteiger partial charge on any atom is 0.246 e. The Kier molecular flexibility index (Phi) is 7.65. The Morgan fingerprint density at radius 3 is 2.46 bits per heavy atom. The highest BCUT2D eigenvalue weighted by Gasteiger charge is 2.21. The van der Waals surface area contributed by atoms with Crippen LogP contribution in [-0.2, 0) is 11.3 Å². The number of anilines is 1. The zero-order chi connectivity index (χ0) is 27.4. The van der Waals surface area contributed by atoms with Crippen molar-refractivity contribution in [2.75, 3.05) is 31.9 Å². The molecule has 0 aliphatic carbocycles. The number of allylic oxidation sites excluding steroid dienone is 4. The number of aromatic nitrogens is 4. The number of amides is 1. The molecular weight excluding hydrogens is 486 g/mol. The van der Waals surface area contributed by atoms with E-state index < -0.39 is 0 Å². The largest absolute Gasteiger partial charge is 0.383 e. The summed E-state index contributed by atoms with van der Waals surface area (Å²) in [4.78, 5) is 30.4. The van der Waals surface area contributed by atoms with Crippen molar-refractivity contribution < 1.29 is 4.79 Å². The van der Waals surface area contributed by atoms with Crippen molar-refractivity contribution in [3.05, 3.63) is 96.9 Å². The molecule has 3 aromatic heterocycles. The summed E-state index contributed by atoms with van der Waals surface area (Å²) >= 11 is 0. The Morgan fingerprint density at radius 1 is 1.03 bits per heavy atom. The number of pyridine rings is 2. The van der Waals surface area contributed by atoms with E-state index in [1.807, 2.05) is 49.1 Å². The maximum absolute atomic E-state index is 11.9. The van der Waals surface area contributed by atoms with Gasteiger partial charge < -0.3 is 10.6 Å². The molecule has 198 valence electrons. The predicted molar refractivity (Wildman–Crippen MR) is 157 cm³/mol. The van der Waals surface area contributed by atoms with Gasteiger partial charge in [-0.3, -0.25) is 14.3 Å². The van der Waals surface area contributed by atoms with Crippen molar-refractivity contribution in [2.45, 2.75) is 20.4 Å². The number of rotatable bonds is 7. The molecule has 0 atom stereocenters. The van der Waals surface area contributed by atoms with Crippen molar-refractivity contribution in [3.8, 4) is 17.1 Å². The second kappa shape index (κ2) is 11.4. The first-order valence-electron chi connectivity index (χ1n) is 13.1. The smallest absolute Gasteiger partial charge is 0.246 e. The van der Waals surface area contributed by atoms with E-state index in [9.17, 15) is 4.79 Å². The van der Waals surface area contributed by atoms with Gasteiger partial charge in [-0.05, 0) is 67.5 Å². The first-order chi connectivity index (χ1) is 19.0. The number of imidazole rings is 1. The first kappa shape index (κ1) is 26.1. The van der Waals surface area contributed by atoms with E-state index in [1.54, 1.807) is 6.20 Å². The topological polar surface area (TPSA) is 93.2 Å². The maximum atomic E-state index is 11.9. The molecule has 0 saturated carbocycles. The van der Waals surface area contributed by atoms with E-state index in [-0.39, 0.29) is 5.91 Å². The van der Waals surface area contributed by atoms with Crippen LogP contribution in [0.2, 0.25) is 0 Å². The van der Waals surface area contributed by atoms with Gasteiger partial charge in [0, 0.05) is 44.6 Å². The van der Waals surface area contributed by atoms with Crippen LogP contribution in [0.5, 0.6) is 0 Å². The average Bonchev–Trinajstić information content (AvgIpc) is 3.35. The average molecular weight is 520 g/mol. The number of hydrogen-bond acceptors (Lipinski definition) is 6. The molecule has 8 nitrogen and oxygen atoms in total. The summed E-state index contributed by atoms with van der Waals surface area (Å²) in [6.45, 7) is 11.5. The third kappa shape index (κ3) is 5.37. The monoisotopic (exact) mass is 519 g/mol. The Bertz CT molecular complexity index is 1560. The van der Waals surface area contributed by atoms with E-state index in [1.165, 1.54) is 11.6 Å². The fraction of sp³-hybridized carbons (Fsp3) is 0.226. The quantitative estimate of drug-likeness (QED) is 0.277. The highest BCUT2D eigenvalue weighted by Crippen LogP contribution is 2.31. The molecular formula is C31H33N7O. The zero-order valence-electron chi connectivity index (χ0n) is 22.4. The van der Waals surface area contributed by atoms with Gasteiger partial charge in [0.1, 0.15) is 11.3 Å². The van der Waals surface area contributed by atoms with Crippen LogP contribution < -0.4 is 5.73 Å². The molecule has 0 radical (unpaired) electrons. The fourth-order valence-corrected chi connectivity index (χ4v) is 4.92. The molecule has 8 heteroatoms. The van der Waals surface area contributed by atoms with Crippen molar-refractivity contribution >= 4 is 28.5 Å². The molecule has 1 aromatic carbocycles. The second-order valence-electron chi connectivity index (χ2n) is 9.46. The predicted octanol–water partition coefficient (Wildman–Crippen LogP) is 4.87. The Labute approximate surface area is 228 Å².